The summed E-state index contributed by atoms with van der Waals surface area (Å²) in [5, 5.41) is 11.2. The number of rotatable bonds is 12. The van der Waals surface area contributed by atoms with Gasteiger partial charge in [-0.3, -0.25) is 9.59 Å². The zero-order valence-corrected chi connectivity index (χ0v) is 20.8. The van der Waals surface area contributed by atoms with E-state index < -0.39 is 6.04 Å². The van der Waals surface area contributed by atoms with Gasteiger partial charge >= 0.3 is 0 Å². The molecule has 2 aromatic carbocycles. The van der Waals surface area contributed by atoms with Crippen molar-refractivity contribution in [3.63, 3.8) is 0 Å². The fraction of sp³-hybridized carbons (Fsp3) is 0.462. The lowest BCUT2D eigenvalue weighted by Crippen LogP contribution is -2.48. The summed E-state index contributed by atoms with van der Waals surface area (Å²) in [6.45, 7) is 4.04. The van der Waals surface area contributed by atoms with Crippen LogP contribution in [-0.2, 0) is 25.6 Å². The molecule has 4 rings (SSSR count). The highest BCUT2D eigenvalue weighted by Crippen LogP contribution is 2.27. The van der Waals surface area contributed by atoms with Gasteiger partial charge in [0.2, 0.25) is 11.8 Å². The molecule has 2 amide bonds. The average molecular weight is 496 g/mol. The second-order valence-corrected chi connectivity index (χ2v) is 8.61. The number of benzene rings is 2. The van der Waals surface area contributed by atoms with Crippen LogP contribution in [0.15, 0.2) is 48.5 Å². The lowest BCUT2D eigenvalue weighted by molar-refractivity contribution is -0.143. The molecule has 0 radical (unpaired) electrons. The molecule has 1 fully saturated rings. The van der Waals surface area contributed by atoms with Crippen molar-refractivity contribution in [1.82, 2.24) is 25.2 Å². The van der Waals surface area contributed by atoms with Crippen LogP contribution in [0.25, 0.3) is 11.0 Å². The monoisotopic (exact) mass is 495 g/mol. The van der Waals surface area contributed by atoms with E-state index in [1.807, 2.05) is 55.5 Å². The van der Waals surface area contributed by atoms with Crippen LogP contribution >= 0.6 is 0 Å². The van der Waals surface area contributed by atoms with Gasteiger partial charge in [-0.25, -0.2) is 4.68 Å². The van der Waals surface area contributed by atoms with E-state index in [9.17, 15) is 9.59 Å². The van der Waals surface area contributed by atoms with Gasteiger partial charge in [-0.05, 0) is 49.6 Å². The van der Waals surface area contributed by atoms with Gasteiger partial charge in [-0.15, -0.1) is 5.10 Å². The third-order valence-electron chi connectivity index (χ3n) is 6.12. The zero-order valence-electron chi connectivity index (χ0n) is 20.8. The number of para-hydroxylation sites is 1. The molecule has 36 heavy (non-hydrogen) atoms. The van der Waals surface area contributed by atoms with Gasteiger partial charge in [-0.1, -0.05) is 29.5 Å². The number of ether oxygens (including phenoxy) is 3. The summed E-state index contributed by atoms with van der Waals surface area (Å²) in [5.41, 5.74) is 2.14. The molecule has 1 N–H and O–H groups in total. The number of fused-ring (bicyclic) bond motifs is 1. The number of aromatic nitrogens is 3. The van der Waals surface area contributed by atoms with Crippen molar-refractivity contribution in [3.8, 4) is 5.75 Å². The Labute approximate surface area is 210 Å². The van der Waals surface area contributed by atoms with Crippen LogP contribution in [0, 0.1) is 0 Å². The van der Waals surface area contributed by atoms with Crippen LogP contribution in [0.5, 0.6) is 5.75 Å². The lowest BCUT2D eigenvalue weighted by Gasteiger charge is -2.33. The summed E-state index contributed by atoms with van der Waals surface area (Å²) in [4.78, 5) is 28.9. The molecule has 2 atom stereocenters. The zero-order chi connectivity index (χ0) is 25.3. The smallest absolute Gasteiger partial charge is 0.247 e. The van der Waals surface area contributed by atoms with Gasteiger partial charge in [0.25, 0.3) is 0 Å². The molecule has 0 saturated carbocycles. The number of hydrogen-bond donors (Lipinski definition) is 1. The Bertz CT molecular complexity index is 1140. The predicted octanol–water partition coefficient (Wildman–Crippen LogP) is 2.34. The molecular weight excluding hydrogens is 462 g/mol. The fourth-order valence-corrected chi connectivity index (χ4v) is 4.37. The molecule has 0 bridgehead atoms. The second kappa shape index (κ2) is 12.5. The molecule has 1 aromatic heterocycles. The molecule has 10 heteroatoms. The Morgan fingerprint density at radius 3 is 2.75 bits per heavy atom. The average Bonchev–Trinajstić information content (AvgIpc) is 3.55. The highest BCUT2D eigenvalue weighted by Gasteiger charge is 2.34. The minimum Gasteiger partial charge on any atom is -0.494 e. The van der Waals surface area contributed by atoms with E-state index in [0.717, 1.165) is 18.4 Å². The SMILES string of the molecule is CCOc1ccc([C@@H](C(=O)NCCOC)N(C[C@H]2CCCO2)C(=O)Cn2nnc3ccccc32)cc1. The summed E-state index contributed by atoms with van der Waals surface area (Å²) >= 11 is 0. The number of nitrogens with zero attached hydrogens (tertiary/aromatic N) is 4. The third kappa shape index (κ3) is 6.19. The van der Waals surface area contributed by atoms with Crippen LogP contribution < -0.4 is 10.1 Å². The van der Waals surface area contributed by atoms with Crippen molar-refractivity contribution < 1.29 is 23.8 Å². The molecule has 192 valence electrons. The van der Waals surface area contributed by atoms with E-state index in [4.69, 9.17) is 14.2 Å². The molecule has 0 aliphatic carbocycles. The number of hydrogen-bond acceptors (Lipinski definition) is 7. The van der Waals surface area contributed by atoms with E-state index in [-0.39, 0.29) is 24.5 Å². The minimum absolute atomic E-state index is 0.0495. The largest absolute Gasteiger partial charge is 0.494 e. The molecule has 3 aromatic rings. The molecule has 1 saturated heterocycles. The molecule has 1 aliphatic rings. The normalized spacial score (nSPS) is 16.1. The second-order valence-electron chi connectivity index (χ2n) is 8.61. The van der Waals surface area contributed by atoms with E-state index in [2.05, 4.69) is 15.6 Å². The van der Waals surface area contributed by atoms with Crippen LogP contribution in [0.3, 0.4) is 0 Å². The van der Waals surface area contributed by atoms with Crippen molar-refractivity contribution in [2.75, 3.05) is 40.0 Å². The number of amides is 2. The highest BCUT2D eigenvalue weighted by molar-refractivity contribution is 5.89. The number of nitrogens with one attached hydrogen (secondary N) is 1. The molecule has 0 unspecified atom stereocenters. The summed E-state index contributed by atoms with van der Waals surface area (Å²) in [5.74, 6) is 0.166. The Balaban J connectivity index is 1.66. The van der Waals surface area contributed by atoms with Gasteiger partial charge in [0.15, 0.2) is 0 Å². The van der Waals surface area contributed by atoms with Gasteiger partial charge in [0.1, 0.15) is 23.9 Å². The lowest BCUT2D eigenvalue weighted by atomic mass is 10.0. The summed E-state index contributed by atoms with van der Waals surface area (Å²) in [6.07, 6.45) is 1.62. The first-order chi connectivity index (χ1) is 17.6. The topological polar surface area (TPSA) is 108 Å². The van der Waals surface area contributed by atoms with Gasteiger partial charge in [0.05, 0.1) is 24.8 Å². The third-order valence-corrected chi connectivity index (χ3v) is 6.12. The van der Waals surface area contributed by atoms with Crippen LogP contribution in [0.1, 0.15) is 31.4 Å². The van der Waals surface area contributed by atoms with Crippen LogP contribution in [-0.4, -0.2) is 77.8 Å². The molecule has 0 spiro atoms. The molecular formula is C26H33N5O5. The van der Waals surface area contributed by atoms with Crippen molar-refractivity contribution in [3.05, 3.63) is 54.1 Å². The maximum Gasteiger partial charge on any atom is 0.247 e. The summed E-state index contributed by atoms with van der Waals surface area (Å²) in [6, 6.07) is 13.9. The summed E-state index contributed by atoms with van der Waals surface area (Å²) < 4.78 is 18.1. The number of carbonyl (C=O) groups is 2. The van der Waals surface area contributed by atoms with Crippen LogP contribution in [0.2, 0.25) is 0 Å². The Kier molecular flexibility index (Phi) is 8.85. The summed E-state index contributed by atoms with van der Waals surface area (Å²) in [7, 11) is 1.58. The van der Waals surface area contributed by atoms with Crippen molar-refractivity contribution in [1.29, 1.82) is 0 Å². The maximum absolute atomic E-state index is 13.8. The number of methoxy groups -OCH3 is 1. The maximum atomic E-state index is 13.8. The quantitative estimate of drug-likeness (QED) is 0.384. The predicted molar refractivity (Wildman–Crippen MR) is 133 cm³/mol. The Hall–Kier alpha value is -3.50. The van der Waals surface area contributed by atoms with Gasteiger partial charge in [0, 0.05) is 26.8 Å². The van der Waals surface area contributed by atoms with E-state index in [0.29, 0.717) is 49.7 Å². The fourth-order valence-electron chi connectivity index (χ4n) is 4.37. The highest BCUT2D eigenvalue weighted by atomic mass is 16.5. The minimum atomic E-state index is -0.857. The Morgan fingerprint density at radius 2 is 2.03 bits per heavy atom. The first kappa shape index (κ1) is 25.6. The standard InChI is InChI=1S/C26H33N5O5/c1-3-35-20-12-10-19(11-13-20)25(26(33)27-14-16-34-2)30(17-21-7-6-15-36-21)24(32)18-31-23-9-5-4-8-22(23)28-29-31/h4-5,8-13,21,25H,3,6-7,14-18H2,1-2H3,(H,27,33)/t21-,25+/m1/s1. The van der Waals surface area contributed by atoms with Crippen LogP contribution in [0.4, 0.5) is 0 Å². The Morgan fingerprint density at radius 1 is 1.22 bits per heavy atom. The van der Waals surface area contributed by atoms with Crippen molar-refractivity contribution in [2.24, 2.45) is 0 Å². The van der Waals surface area contributed by atoms with Crippen molar-refractivity contribution >= 4 is 22.8 Å². The number of carbonyl (C=O) groups excluding carboxylic acids is 2. The molecule has 2 heterocycles. The van der Waals surface area contributed by atoms with Gasteiger partial charge < -0.3 is 24.4 Å². The first-order valence-electron chi connectivity index (χ1n) is 12.3. The molecule has 10 nitrogen and oxygen atoms in total. The first-order valence-corrected chi connectivity index (χ1v) is 12.3. The van der Waals surface area contributed by atoms with E-state index in [1.54, 1.807) is 16.7 Å². The van der Waals surface area contributed by atoms with E-state index >= 15 is 0 Å². The van der Waals surface area contributed by atoms with E-state index in [1.165, 1.54) is 0 Å². The molecule has 1 aliphatic heterocycles. The van der Waals surface area contributed by atoms with Gasteiger partial charge in [-0.2, -0.15) is 0 Å². The van der Waals surface area contributed by atoms with Crippen molar-refractivity contribution in [2.45, 2.75) is 38.5 Å².